The van der Waals surface area contributed by atoms with Crippen molar-refractivity contribution in [3.05, 3.63) is 57.8 Å². The molecule has 4 rings (SSSR count). The van der Waals surface area contributed by atoms with E-state index < -0.39 is 17.6 Å². The molecule has 2 aliphatic rings. The van der Waals surface area contributed by atoms with Gasteiger partial charge in [-0.1, -0.05) is 12.1 Å². The van der Waals surface area contributed by atoms with Crippen molar-refractivity contribution in [2.24, 2.45) is 0 Å². The summed E-state index contributed by atoms with van der Waals surface area (Å²) < 4.78 is 15.4. The molecule has 2 aliphatic heterocycles. The predicted octanol–water partition coefficient (Wildman–Crippen LogP) is 3.06. The highest BCUT2D eigenvalue weighted by molar-refractivity contribution is 9.10. The lowest BCUT2D eigenvalue weighted by atomic mass is 10.1. The van der Waals surface area contributed by atoms with Crippen molar-refractivity contribution in [2.45, 2.75) is 6.92 Å². The van der Waals surface area contributed by atoms with Crippen LogP contribution in [-0.4, -0.2) is 48.8 Å². The van der Waals surface area contributed by atoms with E-state index in [1.807, 2.05) is 4.90 Å². The Morgan fingerprint density at radius 2 is 1.57 bits per heavy atom. The molecule has 2 aromatic rings. The van der Waals surface area contributed by atoms with Gasteiger partial charge in [-0.3, -0.25) is 14.4 Å². The van der Waals surface area contributed by atoms with Gasteiger partial charge in [-0.15, -0.1) is 0 Å². The molecule has 0 saturated carbocycles. The molecule has 0 N–H and O–H groups in total. The molecule has 1 saturated heterocycles. The van der Waals surface area contributed by atoms with Gasteiger partial charge in [0, 0.05) is 43.6 Å². The van der Waals surface area contributed by atoms with Gasteiger partial charge < -0.3 is 9.80 Å². The highest BCUT2D eigenvalue weighted by atomic mass is 79.9. The van der Waals surface area contributed by atoms with Gasteiger partial charge in [-0.25, -0.2) is 9.29 Å². The second kappa shape index (κ2) is 7.01. The second-order valence-corrected chi connectivity index (χ2v) is 7.60. The number of carbonyl (C=O) groups is 3. The molecule has 0 bridgehead atoms. The van der Waals surface area contributed by atoms with Crippen LogP contribution in [0, 0.1) is 5.82 Å². The Bertz CT molecular complexity index is 944. The molecule has 0 radical (unpaired) electrons. The van der Waals surface area contributed by atoms with Crippen LogP contribution in [0.4, 0.5) is 15.8 Å². The molecule has 0 spiro atoms. The molecule has 0 aromatic heterocycles. The summed E-state index contributed by atoms with van der Waals surface area (Å²) in [4.78, 5) is 41.3. The van der Waals surface area contributed by atoms with Crippen LogP contribution in [0.3, 0.4) is 0 Å². The number of rotatable bonds is 2. The Morgan fingerprint density at radius 3 is 2.07 bits per heavy atom. The molecule has 0 atom stereocenters. The summed E-state index contributed by atoms with van der Waals surface area (Å²) >= 11 is 3.39. The number of hydrogen-bond acceptors (Lipinski definition) is 4. The van der Waals surface area contributed by atoms with E-state index in [0.29, 0.717) is 47.5 Å². The van der Waals surface area contributed by atoms with Crippen molar-refractivity contribution >= 4 is 45.0 Å². The summed E-state index contributed by atoms with van der Waals surface area (Å²) in [5, 5.41) is 0. The molecule has 2 heterocycles. The van der Waals surface area contributed by atoms with E-state index in [0.717, 1.165) is 4.90 Å². The summed E-state index contributed by atoms with van der Waals surface area (Å²) in [5.41, 5.74) is 1.17. The third kappa shape index (κ3) is 2.97. The zero-order chi connectivity index (χ0) is 20.0. The van der Waals surface area contributed by atoms with Gasteiger partial charge >= 0.3 is 0 Å². The molecule has 144 valence electrons. The maximum absolute atomic E-state index is 15.0. The van der Waals surface area contributed by atoms with Gasteiger partial charge in [0.15, 0.2) is 0 Å². The lowest BCUT2D eigenvalue weighted by Crippen LogP contribution is -2.48. The number of anilines is 2. The van der Waals surface area contributed by atoms with Gasteiger partial charge in [-0.2, -0.15) is 0 Å². The molecule has 0 unspecified atom stereocenters. The second-order valence-electron chi connectivity index (χ2n) is 6.74. The number of fused-ring (bicyclic) bond motifs is 1. The first-order valence-electron chi connectivity index (χ1n) is 8.86. The Labute approximate surface area is 169 Å². The minimum absolute atomic E-state index is 0.000148. The van der Waals surface area contributed by atoms with Gasteiger partial charge in [0.2, 0.25) is 5.91 Å². The highest BCUT2D eigenvalue weighted by Crippen LogP contribution is 2.37. The first kappa shape index (κ1) is 18.6. The number of imide groups is 1. The van der Waals surface area contributed by atoms with Crippen LogP contribution in [0.25, 0.3) is 0 Å². The van der Waals surface area contributed by atoms with Crippen LogP contribution in [0.1, 0.15) is 27.6 Å². The quantitative estimate of drug-likeness (QED) is 0.666. The average molecular weight is 446 g/mol. The standard InChI is InChI=1S/C20H17BrFN3O3/c1-12(26)23-6-8-24(9-7-23)18-16(21)10-13(11-17(18)22)25-19(27)14-4-2-3-5-15(14)20(25)28/h2-5,10-11H,6-9H2,1H3. The van der Waals surface area contributed by atoms with Crippen molar-refractivity contribution in [3.8, 4) is 0 Å². The number of benzene rings is 2. The SMILES string of the molecule is CC(=O)N1CCN(c2c(F)cc(N3C(=O)c4ccccc4C3=O)cc2Br)CC1. The summed E-state index contributed by atoms with van der Waals surface area (Å²) in [5.74, 6) is -1.46. The van der Waals surface area contributed by atoms with Crippen LogP contribution in [-0.2, 0) is 4.79 Å². The van der Waals surface area contributed by atoms with Gasteiger partial charge in [0.25, 0.3) is 11.8 Å². The van der Waals surface area contributed by atoms with Gasteiger partial charge in [0.1, 0.15) is 5.82 Å². The third-order valence-corrected chi connectivity index (χ3v) is 5.70. The van der Waals surface area contributed by atoms with Crippen LogP contribution < -0.4 is 9.80 Å². The van der Waals surface area contributed by atoms with Gasteiger partial charge in [0.05, 0.1) is 22.5 Å². The van der Waals surface area contributed by atoms with E-state index in [9.17, 15) is 18.8 Å². The van der Waals surface area contributed by atoms with E-state index in [-0.39, 0.29) is 11.6 Å². The monoisotopic (exact) mass is 445 g/mol. The fourth-order valence-corrected chi connectivity index (χ4v) is 4.33. The summed E-state index contributed by atoms with van der Waals surface area (Å²) in [6.07, 6.45) is 0. The fourth-order valence-electron chi connectivity index (χ4n) is 3.65. The van der Waals surface area contributed by atoms with E-state index in [2.05, 4.69) is 15.9 Å². The first-order chi connectivity index (χ1) is 13.4. The van der Waals surface area contributed by atoms with Crippen molar-refractivity contribution in [3.63, 3.8) is 0 Å². The Kier molecular flexibility index (Phi) is 4.66. The highest BCUT2D eigenvalue weighted by Gasteiger charge is 2.37. The van der Waals surface area contributed by atoms with Crippen molar-refractivity contribution in [2.75, 3.05) is 36.0 Å². The molecular weight excluding hydrogens is 429 g/mol. The van der Waals surface area contributed by atoms with E-state index in [1.54, 1.807) is 35.2 Å². The number of amides is 3. The summed E-state index contributed by atoms with van der Waals surface area (Å²) in [6, 6.07) is 9.34. The van der Waals surface area contributed by atoms with Crippen LogP contribution >= 0.6 is 15.9 Å². The molecular formula is C20H17BrFN3O3. The number of piperazine rings is 1. The molecule has 2 aromatic carbocycles. The first-order valence-corrected chi connectivity index (χ1v) is 9.65. The van der Waals surface area contributed by atoms with Gasteiger partial charge in [-0.05, 0) is 34.1 Å². The maximum Gasteiger partial charge on any atom is 0.266 e. The molecule has 1 fully saturated rings. The molecule has 8 heteroatoms. The largest absolute Gasteiger partial charge is 0.365 e. The predicted molar refractivity (Wildman–Crippen MR) is 106 cm³/mol. The average Bonchev–Trinajstić information content (AvgIpc) is 2.92. The Hall–Kier alpha value is -2.74. The molecule has 3 amide bonds. The molecule has 0 aliphatic carbocycles. The van der Waals surface area contributed by atoms with Crippen LogP contribution in [0.2, 0.25) is 0 Å². The smallest absolute Gasteiger partial charge is 0.266 e. The zero-order valence-electron chi connectivity index (χ0n) is 15.1. The lowest BCUT2D eigenvalue weighted by Gasteiger charge is -2.36. The Morgan fingerprint density at radius 1 is 1.00 bits per heavy atom. The fraction of sp³-hybridized carbons (Fsp3) is 0.250. The summed E-state index contributed by atoms with van der Waals surface area (Å²) in [7, 11) is 0. The zero-order valence-corrected chi connectivity index (χ0v) is 16.7. The Balaban J connectivity index is 1.63. The van der Waals surface area contributed by atoms with Crippen molar-refractivity contribution in [1.82, 2.24) is 4.90 Å². The number of carbonyl (C=O) groups excluding carboxylic acids is 3. The van der Waals surface area contributed by atoms with Crippen molar-refractivity contribution < 1.29 is 18.8 Å². The topological polar surface area (TPSA) is 60.9 Å². The minimum Gasteiger partial charge on any atom is -0.365 e. The summed E-state index contributed by atoms with van der Waals surface area (Å²) in [6.45, 7) is 3.55. The van der Waals surface area contributed by atoms with Crippen LogP contribution in [0.5, 0.6) is 0 Å². The van der Waals surface area contributed by atoms with E-state index in [1.165, 1.54) is 13.0 Å². The van der Waals surface area contributed by atoms with Crippen LogP contribution in [0.15, 0.2) is 40.9 Å². The van der Waals surface area contributed by atoms with Crippen molar-refractivity contribution in [1.29, 1.82) is 0 Å². The van der Waals surface area contributed by atoms with E-state index in [4.69, 9.17) is 0 Å². The van der Waals surface area contributed by atoms with E-state index >= 15 is 0 Å². The normalized spacial score (nSPS) is 16.6. The number of halogens is 2. The minimum atomic E-state index is -0.530. The molecule has 6 nitrogen and oxygen atoms in total. The number of nitrogens with zero attached hydrogens (tertiary/aromatic N) is 3. The maximum atomic E-state index is 15.0. The number of hydrogen-bond donors (Lipinski definition) is 0. The third-order valence-electron chi connectivity index (χ3n) is 5.10. The molecule has 28 heavy (non-hydrogen) atoms. The lowest BCUT2D eigenvalue weighted by molar-refractivity contribution is -0.129.